The van der Waals surface area contributed by atoms with E-state index < -0.39 is 0 Å². The molecule has 0 bridgehead atoms. The minimum Gasteiger partial charge on any atom is -0.493 e. The topological polar surface area (TPSA) is 60.0 Å². The number of carbonyl (C=O) groups excluding carboxylic acids is 1. The van der Waals surface area contributed by atoms with Crippen LogP contribution in [0.5, 0.6) is 11.5 Å². The van der Waals surface area contributed by atoms with Crippen LogP contribution < -0.4 is 14.8 Å². The summed E-state index contributed by atoms with van der Waals surface area (Å²) in [6.45, 7) is 5.29. The summed E-state index contributed by atoms with van der Waals surface area (Å²) in [5.41, 5.74) is 0. The first-order valence-electron chi connectivity index (χ1n) is 7.62. The number of hydrogen-bond acceptors (Lipinski definition) is 5. The lowest BCUT2D eigenvalue weighted by molar-refractivity contribution is -0.121. The average molecular weight is 308 g/mol. The monoisotopic (exact) mass is 308 g/mol. The third-order valence-corrected chi connectivity index (χ3v) is 3.51. The van der Waals surface area contributed by atoms with E-state index in [0.717, 1.165) is 32.8 Å². The molecule has 1 saturated heterocycles. The maximum absolute atomic E-state index is 11.8. The molecule has 0 saturated carbocycles. The molecule has 1 heterocycles. The zero-order valence-corrected chi connectivity index (χ0v) is 13.0. The van der Waals surface area contributed by atoms with Gasteiger partial charge in [0, 0.05) is 26.2 Å². The van der Waals surface area contributed by atoms with Crippen LogP contribution in [-0.4, -0.2) is 63.9 Å². The van der Waals surface area contributed by atoms with Crippen molar-refractivity contribution in [3.63, 3.8) is 0 Å². The Hall–Kier alpha value is -1.79. The highest BCUT2D eigenvalue weighted by Gasteiger charge is 2.10. The number of carbonyl (C=O) groups is 1. The molecule has 1 aliphatic rings. The molecule has 1 amide bonds. The van der Waals surface area contributed by atoms with Gasteiger partial charge in [-0.15, -0.1) is 0 Å². The number of hydrogen-bond donors (Lipinski definition) is 1. The molecule has 0 atom stereocenters. The predicted molar refractivity (Wildman–Crippen MR) is 83.4 cm³/mol. The molecule has 2 rings (SSSR count). The van der Waals surface area contributed by atoms with E-state index in [2.05, 4.69) is 10.2 Å². The highest BCUT2D eigenvalue weighted by atomic mass is 16.5. The number of methoxy groups -OCH3 is 1. The van der Waals surface area contributed by atoms with Crippen molar-refractivity contribution < 1.29 is 19.0 Å². The van der Waals surface area contributed by atoms with Gasteiger partial charge in [-0.2, -0.15) is 0 Å². The molecule has 0 radical (unpaired) electrons. The molecule has 122 valence electrons. The van der Waals surface area contributed by atoms with Crippen LogP contribution in [0.2, 0.25) is 0 Å². The Morgan fingerprint density at radius 3 is 2.73 bits per heavy atom. The Kier molecular flexibility index (Phi) is 6.99. The third-order valence-electron chi connectivity index (χ3n) is 3.51. The van der Waals surface area contributed by atoms with Gasteiger partial charge in [0.25, 0.3) is 0 Å². The molecule has 1 aromatic carbocycles. The van der Waals surface area contributed by atoms with E-state index in [9.17, 15) is 4.79 Å². The van der Waals surface area contributed by atoms with E-state index in [1.165, 1.54) is 0 Å². The second-order valence-electron chi connectivity index (χ2n) is 5.05. The van der Waals surface area contributed by atoms with Crippen LogP contribution in [0.4, 0.5) is 0 Å². The number of nitrogens with one attached hydrogen (secondary N) is 1. The standard InChI is InChI=1S/C16H24N2O4/c1-20-14-4-2-3-5-15(14)22-11-6-16(19)17-7-8-18-9-12-21-13-10-18/h2-5H,6-13H2,1H3,(H,17,19). The Morgan fingerprint density at radius 1 is 1.27 bits per heavy atom. The highest BCUT2D eigenvalue weighted by molar-refractivity contribution is 5.75. The van der Waals surface area contributed by atoms with E-state index in [4.69, 9.17) is 14.2 Å². The van der Waals surface area contributed by atoms with Crippen LogP contribution in [0.25, 0.3) is 0 Å². The second kappa shape index (κ2) is 9.27. The Balaban J connectivity index is 1.59. The number of benzene rings is 1. The van der Waals surface area contributed by atoms with E-state index in [1.807, 2.05) is 24.3 Å². The molecular formula is C16H24N2O4. The van der Waals surface area contributed by atoms with Gasteiger partial charge in [-0.05, 0) is 12.1 Å². The van der Waals surface area contributed by atoms with Gasteiger partial charge in [0.05, 0.1) is 33.4 Å². The third kappa shape index (κ3) is 5.54. The summed E-state index contributed by atoms with van der Waals surface area (Å²) in [5, 5.41) is 2.91. The molecule has 0 unspecified atom stereocenters. The van der Waals surface area contributed by atoms with Crippen molar-refractivity contribution in [2.24, 2.45) is 0 Å². The molecule has 1 aromatic rings. The van der Waals surface area contributed by atoms with Gasteiger partial charge in [0.15, 0.2) is 11.5 Å². The fourth-order valence-corrected chi connectivity index (χ4v) is 2.26. The molecule has 6 nitrogen and oxygen atoms in total. The molecule has 1 fully saturated rings. The van der Waals surface area contributed by atoms with E-state index in [1.54, 1.807) is 7.11 Å². The summed E-state index contributed by atoms with van der Waals surface area (Å²) in [6.07, 6.45) is 0.334. The molecule has 1 aliphatic heterocycles. The Labute approximate surface area is 131 Å². The van der Waals surface area contributed by atoms with Crippen LogP contribution in [0.15, 0.2) is 24.3 Å². The van der Waals surface area contributed by atoms with Crippen LogP contribution in [-0.2, 0) is 9.53 Å². The fourth-order valence-electron chi connectivity index (χ4n) is 2.26. The second-order valence-corrected chi connectivity index (χ2v) is 5.05. The van der Waals surface area contributed by atoms with E-state index in [-0.39, 0.29) is 5.91 Å². The number of morpholine rings is 1. The number of ether oxygens (including phenoxy) is 3. The van der Waals surface area contributed by atoms with Gasteiger partial charge in [-0.1, -0.05) is 12.1 Å². The van der Waals surface area contributed by atoms with Crippen molar-refractivity contribution in [2.75, 3.05) is 53.1 Å². The SMILES string of the molecule is COc1ccccc1OCCC(=O)NCCN1CCOCC1. The maximum Gasteiger partial charge on any atom is 0.223 e. The van der Waals surface area contributed by atoms with Crippen molar-refractivity contribution >= 4 is 5.91 Å². The van der Waals surface area contributed by atoms with Crippen molar-refractivity contribution in [3.8, 4) is 11.5 Å². The predicted octanol–water partition coefficient (Wildman–Crippen LogP) is 0.913. The lowest BCUT2D eigenvalue weighted by atomic mass is 10.3. The lowest BCUT2D eigenvalue weighted by Crippen LogP contribution is -2.41. The zero-order chi connectivity index (χ0) is 15.6. The smallest absolute Gasteiger partial charge is 0.223 e. The number of para-hydroxylation sites is 2. The molecule has 1 N–H and O–H groups in total. The molecule has 0 spiro atoms. The van der Waals surface area contributed by atoms with Gasteiger partial charge in [0.1, 0.15) is 0 Å². The van der Waals surface area contributed by atoms with Crippen LogP contribution in [0, 0.1) is 0 Å². The first-order valence-corrected chi connectivity index (χ1v) is 7.62. The van der Waals surface area contributed by atoms with E-state index in [0.29, 0.717) is 31.1 Å². The Morgan fingerprint density at radius 2 is 2.00 bits per heavy atom. The molecule has 0 aromatic heterocycles. The number of nitrogens with zero attached hydrogens (tertiary/aromatic N) is 1. The minimum atomic E-state index is 0.00292. The van der Waals surface area contributed by atoms with Gasteiger partial charge in [0.2, 0.25) is 5.91 Å². The quantitative estimate of drug-likeness (QED) is 0.773. The summed E-state index contributed by atoms with van der Waals surface area (Å²) in [7, 11) is 1.60. The Bertz CT molecular complexity index is 461. The molecule has 22 heavy (non-hydrogen) atoms. The summed E-state index contributed by atoms with van der Waals surface area (Å²) in [6, 6.07) is 7.41. The van der Waals surface area contributed by atoms with E-state index >= 15 is 0 Å². The van der Waals surface area contributed by atoms with Crippen molar-refractivity contribution in [1.29, 1.82) is 0 Å². The lowest BCUT2D eigenvalue weighted by Gasteiger charge is -2.26. The highest BCUT2D eigenvalue weighted by Crippen LogP contribution is 2.25. The van der Waals surface area contributed by atoms with Crippen LogP contribution in [0.3, 0.4) is 0 Å². The van der Waals surface area contributed by atoms with Crippen LogP contribution >= 0.6 is 0 Å². The summed E-state index contributed by atoms with van der Waals surface area (Å²) < 4.78 is 16.1. The zero-order valence-electron chi connectivity index (χ0n) is 13.0. The van der Waals surface area contributed by atoms with Crippen molar-refractivity contribution in [1.82, 2.24) is 10.2 Å². The van der Waals surface area contributed by atoms with Crippen molar-refractivity contribution in [2.45, 2.75) is 6.42 Å². The van der Waals surface area contributed by atoms with Gasteiger partial charge in [-0.3, -0.25) is 9.69 Å². The summed E-state index contributed by atoms with van der Waals surface area (Å²) in [4.78, 5) is 14.1. The molecular weight excluding hydrogens is 284 g/mol. The first kappa shape index (κ1) is 16.6. The molecule has 0 aliphatic carbocycles. The van der Waals surface area contributed by atoms with Gasteiger partial charge < -0.3 is 19.5 Å². The molecule has 6 heteroatoms. The normalized spacial score (nSPS) is 15.3. The average Bonchev–Trinajstić information content (AvgIpc) is 2.56. The number of amides is 1. The van der Waals surface area contributed by atoms with Gasteiger partial charge in [-0.25, -0.2) is 0 Å². The van der Waals surface area contributed by atoms with Crippen LogP contribution in [0.1, 0.15) is 6.42 Å². The number of rotatable bonds is 8. The summed E-state index contributed by atoms with van der Waals surface area (Å²) >= 11 is 0. The van der Waals surface area contributed by atoms with Crippen molar-refractivity contribution in [3.05, 3.63) is 24.3 Å². The van der Waals surface area contributed by atoms with Gasteiger partial charge >= 0.3 is 0 Å². The fraction of sp³-hybridized carbons (Fsp3) is 0.562. The first-order chi connectivity index (χ1) is 10.8. The minimum absolute atomic E-state index is 0.00292. The maximum atomic E-state index is 11.8. The largest absolute Gasteiger partial charge is 0.493 e. The summed E-state index contributed by atoms with van der Waals surface area (Å²) in [5.74, 6) is 1.34.